The monoisotopic (exact) mass is 246 g/mol. The molecule has 0 aliphatic carbocycles. The zero-order chi connectivity index (χ0) is 13.1. The third kappa shape index (κ3) is 8.18. The van der Waals surface area contributed by atoms with Crippen molar-refractivity contribution in [1.29, 1.82) is 0 Å². The van der Waals surface area contributed by atoms with E-state index < -0.39 is 10.9 Å². The van der Waals surface area contributed by atoms with Crippen molar-refractivity contribution in [2.24, 2.45) is 5.16 Å². The first kappa shape index (κ1) is 15.3. The average Bonchev–Trinajstić information content (AvgIpc) is 2.29. The van der Waals surface area contributed by atoms with Crippen molar-refractivity contribution in [3.05, 3.63) is 10.1 Å². The van der Waals surface area contributed by atoms with E-state index in [1.54, 1.807) is 0 Å². The van der Waals surface area contributed by atoms with Gasteiger partial charge >= 0.3 is 5.97 Å². The zero-order valence-corrected chi connectivity index (χ0v) is 9.92. The molecule has 0 radical (unpaired) electrons. The standard InChI is InChI=1S/C10H18N2O5/c1-2-3-8-17-10(13)9(11-14)6-4-5-7-12(15)16/h14H,2-8H2,1H3. The highest BCUT2D eigenvalue weighted by Crippen LogP contribution is 2.01. The molecule has 0 aromatic carbocycles. The minimum Gasteiger partial charge on any atom is -0.461 e. The maximum absolute atomic E-state index is 11.3. The van der Waals surface area contributed by atoms with Crippen molar-refractivity contribution in [2.45, 2.75) is 39.0 Å². The third-order valence-electron chi connectivity index (χ3n) is 2.09. The van der Waals surface area contributed by atoms with Gasteiger partial charge in [-0.25, -0.2) is 4.79 Å². The normalized spacial score (nSPS) is 11.2. The molecule has 0 rings (SSSR count). The van der Waals surface area contributed by atoms with Crippen LogP contribution in [0.25, 0.3) is 0 Å². The Morgan fingerprint density at radius 2 is 2.12 bits per heavy atom. The van der Waals surface area contributed by atoms with Crippen LogP contribution in [0.2, 0.25) is 0 Å². The van der Waals surface area contributed by atoms with Crippen LogP contribution in [-0.2, 0) is 9.53 Å². The minimum absolute atomic E-state index is 0.0792. The summed E-state index contributed by atoms with van der Waals surface area (Å²) < 4.78 is 4.85. The van der Waals surface area contributed by atoms with Gasteiger partial charge in [0.15, 0.2) is 5.71 Å². The number of oxime groups is 1. The van der Waals surface area contributed by atoms with Crippen molar-refractivity contribution in [3.63, 3.8) is 0 Å². The summed E-state index contributed by atoms with van der Waals surface area (Å²) in [4.78, 5) is 21.0. The number of carbonyl (C=O) groups excluding carboxylic acids is 1. The van der Waals surface area contributed by atoms with E-state index in [9.17, 15) is 14.9 Å². The van der Waals surface area contributed by atoms with E-state index in [2.05, 4.69) is 5.16 Å². The number of ether oxygens (including phenoxy) is 1. The van der Waals surface area contributed by atoms with Crippen LogP contribution in [0.15, 0.2) is 5.16 Å². The summed E-state index contributed by atoms with van der Waals surface area (Å²) >= 11 is 0. The van der Waals surface area contributed by atoms with Crippen LogP contribution in [0.5, 0.6) is 0 Å². The van der Waals surface area contributed by atoms with Crippen molar-refractivity contribution in [3.8, 4) is 0 Å². The largest absolute Gasteiger partial charge is 0.461 e. The molecule has 0 heterocycles. The molecule has 0 fully saturated rings. The lowest BCUT2D eigenvalue weighted by molar-refractivity contribution is -0.480. The first-order valence-corrected chi connectivity index (χ1v) is 5.61. The Kier molecular flexibility index (Phi) is 8.62. The number of carbonyl (C=O) groups is 1. The maximum Gasteiger partial charge on any atom is 0.356 e. The molecule has 0 amide bonds. The Labute approximate surface area is 99.6 Å². The van der Waals surface area contributed by atoms with Crippen LogP contribution in [-0.4, -0.2) is 35.0 Å². The van der Waals surface area contributed by atoms with E-state index in [1.807, 2.05) is 6.92 Å². The first-order chi connectivity index (χ1) is 8.11. The van der Waals surface area contributed by atoms with Gasteiger partial charge in [0, 0.05) is 17.8 Å². The molecular formula is C10H18N2O5. The molecule has 0 aliphatic heterocycles. The molecule has 0 atom stereocenters. The Hall–Kier alpha value is -1.66. The second-order valence-electron chi connectivity index (χ2n) is 3.55. The number of nitro groups is 1. The lowest BCUT2D eigenvalue weighted by Crippen LogP contribution is -2.18. The van der Waals surface area contributed by atoms with E-state index >= 15 is 0 Å². The second kappa shape index (κ2) is 9.56. The Balaban J connectivity index is 3.82. The molecule has 1 N–H and O–H groups in total. The van der Waals surface area contributed by atoms with Crippen LogP contribution in [0.3, 0.4) is 0 Å². The molecule has 7 nitrogen and oxygen atoms in total. The van der Waals surface area contributed by atoms with Crippen LogP contribution in [0, 0.1) is 10.1 Å². The number of nitrogens with zero attached hydrogens (tertiary/aromatic N) is 2. The highest BCUT2D eigenvalue weighted by molar-refractivity contribution is 6.36. The summed E-state index contributed by atoms with van der Waals surface area (Å²) in [5.41, 5.74) is -0.0792. The summed E-state index contributed by atoms with van der Waals surface area (Å²) in [5, 5.41) is 21.5. The van der Waals surface area contributed by atoms with E-state index in [0.29, 0.717) is 19.4 Å². The van der Waals surface area contributed by atoms with Gasteiger partial charge in [-0.3, -0.25) is 10.1 Å². The Bertz CT molecular complexity index is 278. The van der Waals surface area contributed by atoms with Crippen molar-refractivity contribution < 1.29 is 19.7 Å². The van der Waals surface area contributed by atoms with Gasteiger partial charge in [-0.15, -0.1) is 0 Å². The minimum atomic E-state index is -0.651. The smallest absolute Gasteiger partial charge is 0.356 e. The lowest BCUT2D eigenvalue weighted by atomic mass is 10.1. The van der Waals surface area contributed by atoms with Crippen molar-refractivity contribution in [2.75, 3.05) is 13.2 Å². The number of rotatable bonds is 9. The molecule has 0 aromatic heterocycles. The maximum atomic E-state index is 11.3. The molecule has 0 spiro atoms. The fourth-order valence-electron chi connectivity index (χ4n) is 1.12. The summed E-state index contributed by atoms with van der Waals surface area (Å²) in [6, 6.07) is 0. The lowest BCUT2D eigenvalue weighted by Gasteiger charge is -2.04. The molecule has 0 unspecified atom stereocenters. The quantitative estimate of drug-likeness (QED) is 0.166. The summed E-state index contributed by atoms with van der Waals surface area (Å²) in [6.45, 7) is 2.11. The van der Waals surface area contributed by atoms with E-state index in [4.69, 9.17) is 9.94 Å². The molecular weight excluding hydrogens is 228 g/mol. The summed E-state index contributed by atoms with van der Waals surface area (Å²) in [5.74, 6) is -0.651. The van der Waals surface area contributed by atoms with E-state index in [0.717, 1.165) is 12.8 Å². The molecule has 0 saturated carbocycles. The number of hydrogen-bond acceptors (Lipinski definition) is 6. The van der Waals surface area contributed by atoms with Gasteiger partial charge in [0.05, 0.1) is 6.61 Å². The molecule has 0 bridgehead atoms. The molecule has 0 saturated heterocycles. The SMILES string of the molecule is CCCCOC(=O)C(CCCC[N+](=O)[O-])=NO. The number of hydrogen-bond donors (Lipinski definition) is 1. The fourth-order valence-corrected chi connectivity index (χ4v) is 1.12. The fraction of sp³-hybridized carbons (Fsp3) is 0.800. The van der Waals surface area contributed by atoms with Gasteiger partial charge in [-0.1, -0.05) is 18.5 Å². The van der Waals surface area contributed by atoms with Gasteiger partial charge in [-0.05, 0) is 12.8 Å². The number of esters is 1. The number of unbranched alkanes of at least 4 members (excludes halogenated alkanes) is 2. The Morgan fingerprint density at radius 1 is 1.41 bits per heavy atom. The van der Waals surface area contributed by atoms with Crippen LogP contribution in [0.4, 0.5) is 0 Å². The molecule has 7 heteroatoms. The molecule has 98 valence electrons. The predicted molar refractivity (Wildman–Crippen MR) is 60.8 cm³/mol. The topological polar surface area (TPSA) is 102 Å². The van der Waals surface area contributed by atoms with E-state index in [1.165, 1.54) is 0 Å². The average molecular weight is 246 g/mol. The van der Waals surface area contributed by atoms with E-state index in [-0.39, 0.29) is 18.7 Å². The van der Waals surface area contributed by atoms with Gasteiger partial charge in [0.2, 0.25) is 6.54 Å². The summed E-state index contributed by atoms with van der Waals surface area (Å²) in [7, 11) is 0. The highest BCUT2D eigenvalue weighted by Gasteiger charge is 2.13. The molecule has 17 heavy (non-hydrogen) atoms. The van der Waals surface area contributed by atoms with Crippen LogP contribution in [0.1, 0.15) is 39.0 Å². The summed E-state index contributed by atoms with van der Waals surface area (Å²) in [6.07, 6.45) is 2.61. The Morgan fingerprint density at radius 3 is 2.65 bits per heavy atom. The van der Waals surface area contributed by atoms with Gasteiger partial charge in [0.1, 0.15) is 0 Å². The van der Waals surface area contributed by atoms with Crippen LogP contribution < -0.4 is 0 Å². The van der Waals surface area contributed by atoms with Gasteiger partial charge in [0.25, 0.3) is 0 Å². The van der Waals surface area contributed by atoms with Gasteiger partial charge < -0.3 is 9.94 Å². The second-order valence-corrected chi connectivity index (χ2v) is 3.55. The first-order valence-electron chi connectivity index (χ1n) is 5.61. The molecule has 0 aliphatic rings. The zero-order valence-electron chi connectivity index (χ0n) is 9.92. The predicted octanol–water partition coefficient (Wildman–Crippen LogP) is 1.61. The van der Waals surface area contributed by atoms with Gasteiger partial charge in [-0.2, -0.15) is 0 Å². The highest BCUT2D eigenvalue weighted by atomic mass is 16.6. The van der Waals surface area contributed by atoms with Crippen LogP contribution >= 0.6 is 0 Å². The van der Waals surface area contributed by atoms with Crippen molar-refractivity contribution in [1.82, 2.24) is 0 Å². The molecule has 0 aromatic rings. The van der Waals surface area contributed by atoms with Crippen molar-refractivity contribution >= 4 is 11.7 Å². The third-order valence-corrected chi connectivity index (χ3v) is 2.09.